The third-order valence-corrected chi connectivity index (χ3v) is 2.53. The predicted octanol–water partition coefficient (Wildman–Crippen LogP) is 1.33. The summed E-state index contributed by atoms with van der Waals surface area (Å²) in [5.74, 6) is -0.0402. The van der Waals surface area contributed by atoms with Crippen LogP contribution in [-0.4, -0.2) is 25.7 Å². The second-order valence-corrected chi connectivity index (χ2v) is 3.98. The Morgan fingerprint density at radius 2 is 2.38 bits per heavy atom. The van der Waals surface area contributed by atoms with Crippen LogP contribution in [-0.2, 0) is 9.53 Å². The van der Waals surface area contributed by atoms with Gasteiger partial charge < -0.3 is 10.1 Å². The van der Waals surface area contributed by atoms with Gasteiger partial charge in [-0.25, -0.2) is 0 Å². The van der Waals surface area contributed by atoms with Gasteiger partial charge in [0.25, 0.3) is 0 Å². The smallest absolute Gasteiger partial charge is 0.313 e. The Balaban J connectivity index is 2.42. The predicted molar refractivity (Wildman–Crippen MR) is 51.5 cm³/mol. The Morgan fingerprint density at radius 1 is 1.62 bits per heavy atom. The molecule has 3 heteroatoms. The number of hydrogen-bond acceptors (Lipinski definition) is 3. The number of hydrogen-bond donors (Lipinski definition) is 1. The van der Waals surface area contributed by atoms with Crippen LogP contribution in [0.3, 0.4) is 0 Å². The average molecular weight is 185 g/mol. The number of carbonyl (C=O) groups is 1. The van der Waals surface area contributed by atoms with Gasteiger partial charge in [0.05, 0.1) is 12.0 Å². The summed E-state index contributed by atoms with van der Waals surface area (Å²) in [6.07, 6.45) is 2.91. The molecule has 1 aliphatic heterocycles. The molecule has 0 spiro atoms. The summed E-state index contributed by atoms with van der Waals surface area (Å²) in [5, 5.41) is 3.23. The number of rotatable bonds is 3. The highest BCUT2D eigenvalue weighted by molar-refractivity contribution is 5.76. The van der Waals surface area contributed by atoms with Crippen molar-refractivity contribution in [1.29, 1.82) is 0 Å². The van der Waals surface area contributed by atoms with Gasteiger partial charge in [-0.05, 0) is 32.7 Å². The van der Waals surface area contributed by atoms with Gasteiger partial charge in [0.1, 0.15) is 0 Å². The van der Waals surface area contributed by atoms with Gasteiger partial charge in [-0.3, -0.25) is 4.79 Å². The Kier molecular flexibility index (Phi) is 3.72. The largest absolute Gasteiger partial charge is 0.465 e. The van der Waals surface area contributed by atoms with Crippen LogP contribution in [0.1, 0.15) is 33.1 Å². The second-order valence-electron chi connectivity index (χ2n) is 3.98. The molecule has 76 valence electrons. The fraction of sp³-hybridized carbons (Fsp3) is 0.900. The summed E-state index contributed by atoms with van der Waals surface area (Å²) in [6, 6.07) is 0. The molecule has 1 heterocycles. The molecule has 1 atom stereocenters. The van der Waals surface area contributed by atoms with Gasteiger partial charge in [-0.15, -0.1) is 0 Å². The quantitative estimate of drug-likeness (QED) is 0.674. The van der Waals surface area contributed by atoms with E-state index in [9.17, 15) is 4.79 Å². The molecule has 13 heavy (non-hydrogen) atoms. The Hall–Kier alpha value is -0.570. The van der Waals surface area contributed by atoms with Crippen LogP contribution in [0, 0.1) is 5.41 Å². The maximum absolute atomic E-state index is 11.6. The molecule has 1 N–H and O–H groups in total. The molecule has 0 aromatic rings. The Morgan fingerprint density at radius 3 is 2.92 bits per heavy atom. The van der Waals surface area contributed by atoms with Crippen LogP contribution in [0.5, 0.6) is 0 Å². The molecular formula is C10H19NO2. The minimum Gasteiger partial charge on any atom is -0.465 e. The lowest BCUT2D eigenvalue weighted by Gasteiger charge is -2.31. The van der Waals surface area contributed by atoms with Crippen molar-refractivity contribution >= 4 is 5.97 Å². The summed E-state index contributed by atoms with van der Waals surface area (Å²) in [5.41, 5.74) is -0.284. The van der Waals surface area contributed by atoms with E-state index < -0.39 is 0 Å². The first-order valence-corrected chi connectivity index (χ1v) is 5.07. The number of nitrogens with one attached hydrogen (secondary N) is 1. The van der Waals surface area contributed by atoms with E-state index in [0.29, 0.717) is 6.61 Å². The third-order valence-electron chi connectivity index (χ3n) is 2.53. The summed E-state index contributed by atoms with van der Waals surface area (Å²) in [4.78, 5) is 11.6. The van der Waals surface area contributed by atoms with Crippen molar-refractivity contribution < 1.29 is 9.53 Å². The van der Waals surface area contributed by atoms with Crippen LogP contribution in [0.15, 0.2) is 0 Å². The van der Waals surface area contributed by atoms with Gasteiger partial charge in [-0.2, -0.15) is 0 Å². The SMILES string of the molecule is CCCOC(=O)C1(C)CCCNC1. The molecule has 0 saturated carbocycles. The lowest BCUT2D eigenvalue weighted by molar-refractivity contribution is -0.155. The average Bonchev–Trinajstić information content (AvgIpc) is 2.15. The molecular weight excluding hydrogens is 166 g/mol. The standard InChI is InChI=1S/C10H19NO2/c1-3-7-13-9(12)10(2)5-4-6-11-8-10/h11H,3-8H2,1-2H3. The normalized spacial score (nSPS) is 28.5. The summed E-state index contributed by atoms with van der Waals surface area (Å²) in [7, 11) is 0. The first-order chi connectivity index (χ1) is 6.19. The molecule has 0 bridgehead atoms. The lowest BCUT2D eigenvalue weighted by Crippen LogP contribution is -2.44. The summed E-state index contributed by atoms with van der Waals surface area (Å²) < 4.78 is 5.15. The van der Waals surface area contributed by atoms with Crippen molar-refractivity contribution in [2.75, 3.05) is 19.7 Å². The molecule has 0 aliphatic carbocycles. The van der Waals surface area contributed by atoms with Crippen molar-refractivity contribution in [3.63, 3.8) is 0 Å². The highest BCUT2D eigenvalue weighted by Crippen LogP contribution is 2.26. The van der Waals surface area contributed by atoms with E-state index in [4.69, 9.17) is 4.74 Å². The van der Waals surface area contributed by atoms with Crippen LogP contribution in [0.4, 0.5) is 0 Å². The highest BCUT2D eigenvalue weighted by atomic mass is 16.5. The van der Waals surface area contributed by atoms with Gasteiger partial charge in [0.15, 0.2) is 0 Å². The molecule has 1 saturated heterocycles. The molecule has 0 aromatic heterocycles. The summed E-state index contributed by atoms with van der Waals surface area (Å²) >= 11 is 0. The number of esters is 1. The van der Waals surface area contributed by atoms with Crippen LogP contribution in [0.25, 0.3) is 0 Å². The van der Waals surface area contributed by atoms with E-state index in [1.54, 1.807) is 0 Å². The van der Waals surface area contributed by atoms with Crippen LogP contribution in [0.2, 0.25) is 0 Å². The van der Waals surface area contributed by atoms with Gasteiger partial charge in [-0.1, -0.05) is 6.92 Å². The third kappa shape index (κ3) is 2.69. The van der Waals surface area contributed by atoms with Gasteiger partial charge in [0, 0.05) is 6.54 Å². The van der Waals surface area contributed by atoms with Crippen molar-refractivity contribution in [1.82, 2.24) is 5.32 Å². The second kappa shape index (κ2) is 4.61. The molecule has 0 amide bonds. The van der Waals surface area contributed by atoms with Crippen LogP contribution < -0.4 is 5.32 Å². The minimum absolute atomic E-state index is 0.0402. The van der Waals surface area contributed by atoms with E-state index in [1.165, 1.54) is 0 Å². The van der Waals surface area contributed by atoms with E-state index in [-0.39, 0.29) is 11.4 Å². The van der Waals surface area contributed by atoms with E-state index >= 15 is 0 Å². The molecule has 1 rings (SSSR count). The fourth-order valence-electron chi connectivity index (χ4n) is 1.60. The molecule has 0 radical (unpaired) electrons. The minimum atomic E-state index is -0.284. The first-order valence-electron chi connectivity index (χ1n) is 5.07. The topological polar surface area (TPSA) is 38.3 Å². The zero-order valence-electron chi connectivity index (χ0n) is 8.56. The maximum Gasteiger partial charge on any atom is 0.313 e. The lowest BCUT2D eigenvalue weighted by atomic mass is 9.83. The van der Waals surface area contributed by atoms with Crippen molar-refractivity contribution in [3.8, 4) is 0 Å². The van der Waals surface area contributed by atoms with Gasteiger partial charge in [0.2, 0.25) is 0 Å². The Labute approximate surface area is 79.8 Å². The number of carbonyl (C=O) groups excluding carboxylic acids is 1. The molecule has 1 fully saturated rings. The van der Waals surface area contributed by atoms with Crippen molar-refractivity contribution in [2.24, 2.45) is 5.41 Å². The molecule has 1 unspecified atom stereocenters. The zero-order chi connectivity index (χ0) is 9.73. The maximum atomic E-state index is 11.6. The van der Waals surface area contributed by atoms with Gasteiger partial charge >= 0.3 is 5.97 Å². The monoisotopic (exact) mass is 185 g/mol. The molecule has 0 aromatic carbocycles. The van der Waals surface area contributed by atoms with E-state index in [0.717, 1.165) is 32.4 Å². The van der Waals surface area contributed by atoms with E-state index in [2.05, 4.69) is 5.32 Å². The van der Waals surface area contributed by atoms with E-state index in [1.807, 2.05) is 13.8 Å². The summed E-state index contributed by atoms with van der Waals surface area (Å²) in [6.45, 7) is 6.33. The Bertz CT molecular complexity index is 174. The van der Waals surface area contributed by atoms with Crippen molar-refractivity contribution in [3.05, 3.63) is 0 Å². The van der Waals surface area contributed by atoms with Crippen molar-refractivity contribution in [2.45, 2.75) is 33.1 Å². The zero-order valence-corrected chi connectivity index (χ0v) is 8.56. The first kappa shape index (κ1) is 10.5. The highest BCUT2D eigenvalue weighted by Gasteiger charge is 2.35. The number of piperidine rings is 1. The number of ether oxygens (including phenoxy) is 1. The molecule has 3 nitrogen and oxygen atoms in total. The molecule has 1 aliphatic rings. The van der Waals surface area contributed by atoms with Crippen LogP contribution >= 0.6 is 0 Å². The fourth-order valence-corrected chi connectivity index (χ4v) is 1.60.